The topological polar surface area (TPSA) is 57.5 Å². The van der Waals surface area contributed by atoms with Crippen LogP contribution in [0.15, 0.2) is 22.8 Å². The van der Waals surface area contributed by atoms with E-state index in [1.54, 1.807) is 16.7 Å². The van der Waals surface area contributed by atoms with Crippen molar-refractivity contribution >= 4 is 5.78 Å². The van der Waals surface area contributed by atoms with Crippen molar-refractivity contribution in [1.29, 1.82) is 0 Å². The van der Waals surface area contributed by atoms with E-state index in [1.807, 2.05) is 0 Å². The summed E-state index contributed by atoms with van der Waals surface area (Å²) < 4.78 is 0. The maximum Gasteiger partial charge on any atom is 0.133 e. The molecule has 4 aliphatic carbocycles. The SMILES string of the molecule is CC(C)CC(=O)CC(C)C1(C)CCC2=C1CC=C1C2CC(O)C2CC(O)CCC12C. The lowest BCUT2D eigenvalue weighted by atomic mass is 9.51. The molecule has 2 fully saturated rings. The zero-order chi connectivity index (χ0) is 21.8. The van der Waals surface area contributed by atoms with Crippen LogP contribution >= 0.6 is 0 Å². The van der Waals surface area contributed by atoms with Gasteiger partial charge in [-0.3, -0.25) is 4.79 Å². The number of aliphatic hydroxyl groups excluding tert-OH is 2. The van der Waals surface area contributed by atoms with E-state index in [4.69, 9.17) is 0 Å². The zero-order valence-electron chi connectivity index (χ0n) is 19.7. The van der Waals surface area contributed by atoms with Crippen molar-refractivity contribution in [2.75, 3.05) is 0 Å². The number of carbonyl (C=O) groups excluding carboxylic acids is 1. The van der Waals surface area contributed by atoms with Crippen LogP contribution in [0.5, 0.6) is 0 Å². The summed E-state index contributed by atoms with van der Waals surface area (Å²) in [6.07, 6.45) is 9.95. The van der Waals surface area contributed by atoms with Gasteiger partial charge in [-0.05, 0) is 73.5 Å². The molecule has 0 spiro atoms. The number of Topliss-reactive ketones (excluding diaryl/α,β-unsaturated/α-hetero) is 1. The summed E-state index contributed by atoms with van der Waals surface area (Å²) in [6, 6.07) is 0. The minimum atomic E-state index is -0.323. The molecule has 168 valence electrons. The lowest BCUT2D eigenvalue weighted by Gasteiger charge is -2.54. The molecule has 0 aliphatic heterocycles. The Morgan fingerprint density at radius 1 is 1.13 bits per heavy atom. The second-order valence-electron chi connectivity index (χ2n) is 11.8. The highest BCUT2D eigenvalue weighted by Crippen LogP contribution is 2.63. The number of hydrogen-bond acceptors (Lipinski definition) is 3. The van der Waals surface area contributed by atoms with Gasteiger partial charge < -0.3 is 10.2 Å². The van der Waals surface area contributed by atoms with Crippen LogP contribution in [-0.2, 0) is 4.79 Å². The number of hydrogen-bond donors (Lipinski definition) is 2. The van der Waals surface area contributed by atoms with Gasteiger partial charge >= 0.3 is 0 Å². The maximum atomic E-state index is 12.5. The van der Waals surface area contributed by atoms with Crippen LogP contribution in [-0.4, -0.2) is 28.2 Å². The first-order valence-electron chi connectivity index (χ1n) is 12.4. The van der Waals surface area contributed by atoms with Crippen molar-refractivity contribution in [3.8, 4) is 0 Å². The van der Waals surface area contributed by atoms with E-state index in [-0.39, 0.29) is 29.0 Å². The third-order valence-corrected chi connectivity index (χ3v) is 9.51. The molecule has 0 amide bonds. The first-order chi connectivity index (χ1) is 14.1. The average molecular weight is 415 g/mol. The summed E-state index contributed by atoms with van der Waals surface area (Å²) in [5, 5.41) is 21.3. The van der Waals surface area contributed by atoms with E-state index in [1.165, 1.54) is 0 Å². The third-order valence-electron chi connectivity index (χ3n) is 9.51. The third kappa shape index (κ3) is 3.54. The second kappa shape index (κ2) is 7.89. The van der Waals surface area contributed by atoms with Gasteiger partial charge in [-0.25, -0.2) is 0 Å². The van der Waals surface area contributed by atoms with Crippen LogP contribution in [0.4, 0.5) is 0 Å². The molecule has 4 rings (SSSR count). The first-order valence-corrected chi connectivity index (χ1v) is 12.4. The predicted octanol–water partition coefficient (Wildman–Crippen LogP) is 5.60. The molecule has 7 unspecified atom stereocenters. The highest BCUT2D eigenvalue weighted by Gasteiger charge is 2.54. The summed E-state index contributed by atoms with van der Waals surface area (Å²) >= 11 is 0. The van der Waals surface area contributed by atoms with Gasteiger partial charge in [-0.15, -0.1) is 0 Å². The van der Waals surface area contributed by atoms with E-state index in [9.17, 15) is 15.0 Å². The van der Waals surface area contributed by atoms with Crippen molar-refractivity contribution in [2.45, 2.75) is 105 Å². The molecule has 0 aromatic carbocycles. The fourth-order valence-electron chi connectivity index (χ4n) is 7.57. The highest BCUT2D eigenvalue weighted by atomic mass is 16.3. The number of fused-ring (bicyclic) bond motifs is 4. The Hall–Kier alpha value is -0.930. The Bertz CT molecular complexity index is 762. The molecule has 4 aliphatic rings. The summed E-state index contributed by atoms with van der Waals surface area (Å²) in [5.74, 6) is 1.77. The van der Waals surface area contributed by atoms with Gasteiger partial charge in [0.05, 0.1) is 12.2 Å². The molecular formula is C27H42O3. The van der Waals surface area contributed by atoms with Gasteiger partial charge in [0.1, 0.15) is 5.78 Å². The number of ketones is 1. The first kappa shape index (κ1) is 22.3. The Labute approximate surface area is 183 Å². The van der Waals surface area contributed by atoms with Gasteiger partial charge in [0.25, 0.3) is 0 Å². The Morgan fingerprint density at radius 3 is 2.57 bits per heavy atom. The van der Waals surface area contributed by atoms with Gasteiger partial charge in [0, 0.05) is 18.8 Å². The van der Waals surface area contributed by atoms with E-state index >= 15 is 0 Å². The van der Waals surface area contributed by atoms with E-state index in [2.05, 4.69) is 40.7 Å². The monoisotopic (exact) mass is 414 g/mol. The lowest BCUT2D eigenvalue weighted by Crippen LogP contribution is -2.50. The van der Waals surface area contributed by atoms with Crippen LogP contribution in [0, 0.1) is 34.5 Å². The quantitative estimate of drug-likeness (QED) is 0.576. The summed E-state index contributed by atoms with van der Waals surface area (Å²) in [6.45, 7) is 11.3. The standard InChI is InChI=1S/C27H42O3/c1-16(2)12-19(29)13-17(3)26(4)11-9-20-21-15-25(30)24-14-18(28)8-10-27(24,5)23(21)7-6-22(20)26/h7,16-18,21,24-25,28,30H,6,8-15H2,1-5H3. The fraction of sp³-hybridized carbons (Fsp3) is 0.815. The molecule has 0 heterocycles. The van der Waals surface area contributed by atoms with E-state index < -0.39 is 0 Å². The van der Waals surface area contributed by atoms with E-state index in [0.717, 1.165) is 44.9 Å². The molecule has 3 heteroatoms. The molecular weight excluding hydrogens is 372 g/mol. The minimum absolute atomic E-state index is 0.0257. The van der Waals surface area contributed by atoms with Crippen molar-refractivity contribution in [1.82, 2.24) is 0 Å². The zero-order valence-corrected chi connectivity index (χ0v) is 19.7. The molecule has 7 atom stereocenters. The van der Waals surface area contributed by atoms with Crippen molar-refractivity contribution in [3.05, 3.63) is 22.8 Å². The lowest BCUT2D eigenvalue weighted by molar-refractivity contribution is -0.121. The molecule has 2 saturated carbocycles. The smallest absolute Gasteiger partial charge is 0.133 e. The minimum Gasteiger partial charge on any atom is -0.393 e. The fourth-order valence-corrected chi connectivity index (χ4v) is 7.57. The Kier molecular flexibility index (Phi) is 5.85. The average Bonchev–Trinajstić information content (AvgIpc) is 3.01. The molecule has 3 nitrogen and oxygen atoms in total. The maximum absolute atomic E-state index is 12.5. The van der Waals surface area contributed by atoms with Gasteiger partial charge in [-0.2, -0.15) is 0 Å². The molecule has 0 aromatic heterocycles. The van der Waals surface area contributed by atoms with Gasteiger partial charge in [-0.1, -0.05) is 57.4 Å². The van der Waals surface area contributed by atoms with Gasteiger partial charge in [0.2, 0.25) is 0 Å². The normalized spacial score (nSPS) is 41.8. The predicted molar refractivity (Wildman–Crippen MR) is 121 cm³/mol. The number of carbonyl (C=O) groups is 1. The van der Waals surface area contributed by atoms with E-state index in [0.29, 0.717) is 36.4 Å². The Balaban J connectivity index is 1.58. The summed E-state index contributed by atoms with van der Waals surface area (Å²) in [5.41, 5.74) is 4.85. The van der Waals surface area contributed by atoms with Gasteiger partial charge in [0.15, 0.2) is 0 Å². The molecule has 30 heavy (non-hydrogen) atoms. The number of rotatable bonds is 5. The van der Waals surface area contributed by atoms with Crippen LogP contribution in [0.25, 0.3) is 0 Å². The van der Waals surface area contributed by atoms with Crippen LogP contribution < -0.4 is 0 Å². The summed E-state index contributed by atoms with van der Waals surface area (Å²) in [4.78, 5) is 12.5. The highest BCUT2D eigenvalue weighted by molar-refractivity contribution is 5.79. The molecule has 0 aromatic rings. The van der Waals surface area contributed by atoms with Crippen molar-refractivity contribution in [2.24, 2.45) is 34.5 Å². The molecule has 0 saturated heterocycles. The number of aliphatic hydroxyl groups is 2. The largest absolute Gasteiger partial charge is 0.393 e. The van der Waals surface area contributed by atoms with Crippen LogP contribution in [0.2, 0.25) is 0 Å². The Morgan fingerprint density at radius 2 is 1.87 bits per heavy atom. The molecule has 0 bridgehead atoms. The second-order valence-corrected chi connectivity index (χ2v) is 11.8. The molecule has 0 radical (unpaired) electrons. The van der Waals surface area contributed by atoms with Crippen LogP contribution in [0.3, 0.4) is 0 Å². The molecule has 2 N–H and O–H groups in total. The van der Waals surface area contributed by atoms with Crippen molar-refractivity contribution < 1.29 is 15.0 Å². The summed E-state index contributed by atoms with van der Waals surface area (Å²) in [7, 11) is 0. The van der Waals surface area contributed by atoms with Crippen molar-refractivity contribution in [3.63, 3.8) is 0 Å². The number of allylic oxidation sites excluding steroid dienone is 4. The van der Waals surface area contributed by atoms with Crippen LogP contribution in [0.1, 0.15) is 92.4 Å².